The highest BCUT2D eigenvalue weighted by molar-refractivity contribution is 5.60. The van der Waals surface area contributed by atoms with Crippen molar-refractivity contribution in [2.75, 3.05) is 5.32 Å². The fourth-order valence-corrected chi connectivity index (χ4v) is 3.66. The third kappa shape index (κ3) is 2.40. The van der Waals surface area contributed by atoms with Gasteiger partial charge < -0.3 is 5.32 Å². The van der Waals surface area contributed by atoms with Crippen LogP contribution in [0.4, 0.5) is 18.9 Å². The number of halogens is 3. The Kier molecular flexibility index (Phi) is 3.18. The van der Waals surface area contributed by atoms with Crippen molar-refractivity contribution in [2.45, 2.75) is 24.6 Å². The van der Waals surface area contributed by atoms with Crippen molar-refractivity contribution in [1.82, 2.24) is 4.98 Å². The van der Waals surface area contributed by atoms with Gasteiger partial charge in [0, 0.05) is 24.0 Å². The van der Waals surface area contributed by atoms with Gasteiger partial charge in [-0.15, -0.1) is 0 Å². The third-order valence-corrected chi connectivity index (χ3v) is 4.73. The predicted octanol–water partition coefficient (Wildman–Crippen LogP) is 4.93. The molecular weight excluding hydrogens is 301 g/mol. The van der Waals surface area contributed by atoms with Crippen LogP contribution in [0, 0.1) is 5.92 Å². The third-order valence-electron chi connectivity index (χ3n) is 4.73. The molecule has 1 aliphatic carbocycles. The Balaban J connectivity index is 1.78. The number of benzene rings is 1. The van der Waals surface area contributed by atoms with Gasteiger partial charge in [0.25, 0.3) is 0 Å². The van der Waals surface area contributed by atoms with E-state index in [0.29, 0.717) is 0 Å². The van der Waals surface area contributed by atoms with Crippen LogP contribution in [-0.2, 0) is 6.18 Å². The molecule has 118 valence electrons. The monoisotopic (exact) mass is 316 g/mol. The number of fused-ring (bicyclic) bond motifs is 3. The number of nitrogens with zero attached hydrogens (tertiary/aromatic N) is 1. The lowest BCUT2D eigenvalue weighted by Gasteiger charge is -2.37. The second-order valence-electron chi connectivity index (χ2n) is 6.06. The molecule has 2 nitrogen and oxygen atoms in total. The van der Waals surface area contributed by atoms with Gasteiger partial charge >= 0.3 is 6.18 Å². The minimum Gasteiger partial charge on any atom is -0.378 e. The van der Waals surface area contributed by atoms with Gasteiger partial charge in [-0.05, 0) is 47.7 Å². The smallest absolute Gasteiger partial charge is 0.378 e. The molecule has 2 aromatic rings. The van der Waals surface area contributed by atoms with Crippen LogP contribution in [0.25, 0.3) is 0 Å². The standard InChI is InChI=1S/C18H15F3N2/c19-18(20,21)12-6-7-16-15(9-12)13-4-1-5-14(13)17(23-16)11-3-2-8-22-10-11/h1-4,6-10,13-14,17,23H,5H2. The number of aromatic nitrogens is 1. The maximum Gasteiger partial charge on any atom is 0.416 e. The zero-order valence-electron chi connectivity index (χ0n) is 12.2. The topological polar surface area (TPSA) is 24.9 Å². The maximum atomic E-state index is 13.0. The molecule has 2 aliphatic rings. The van der Waals surface area contributed by atoms with E-state index in [-0.39, 0.29) is 17.9 Å². The Morgan fingerprint density at radius 1 is 1.17 bits per heavy atom. The van der Waals surface area contributed by atoms with Gasteiger partial charge in [0.2, 0.25) is 0 Å². The lowest BCUT2D eigenvalue weighted by atomic mass is 9.77. The van der Waals surface area contributed by atoms with E-state index < -0.39 is 11.7 Å². The van der Waals surface area contributed by atoms with Crippen LogP contribution in [-0.4, -0.2) is 4.98 Å². The van der Waals surface area contributed by atoms with Gasteiger partial charge in [0.1, 0.15) is 0 Å². The molecule has 3 unspecified atom stereocenters. The molecule has 3 atom stereocenters. The van der Waals surface area contributed by atoms with Crippen LogP contribution in [0.1, 0.15) is 35.1 Å². The summed E-state index contributed by atoms with van der Waals surface area (Å²) in [5.74, 6) is 0.230. The highest BCUT2D eigenvalue weighted by Crippen LogP contribution is 2.50. The largest absolute Gasteiger partial charge is 0.416 e. The van der Waals surface area contributed by atoms with E-state index >= 15 is 0 Å². The van der Waals surface area contributed by atoms with Crippen molar-refractivity contribution in [3.8, 4) is 0 Å². The molecular formula is C18H15F3N2. The Morgan fingerprint density at radius 2 is 2.04 bits per heavy atom. The molecule has 0 fully saturated rings. The van der Waals surface area contributed by atoms with Crippen molar-refractivity contribution in [1.29, 1.82) is 0 Å². The quantitative estimate of drug-likeness (QED) is 0.755. The average Bonchev–Trinajstić information content (AvgIpc) is 3.03. The molecule has 0 bridgehead atoms. The second kappa shape index (κ2) is 5.11. The van der Waals surface area contributed by atoms with E-state index in [9.17, 15) is 13.2 Å². The number of rotatable bonds is 1. The van der Waals surface area contributed by atoms with Crippen molar-refractivity contribution in [2.24, 2.45) is 5.92 Å². The Morgan fingerprint density at radius 3 is 2.78 bits per heavy atom. The molecule has 0 spiro atoms. The van der Waals surface area contributed by atoms with Crippen LogP contribution in [0.2, 0.25) is 0 Å². The summed E-state index contributed by atoms with van der Waals surface area (Å²) in [6.45, 7) is 0. The van der Waals surface area contributed by atoms with Crippen LogP contribution in [0.15, 0.2) is 54.9 Å². The first-order valence-electron chi connectivity index (χ1n) is 7.58. The minimum absolute atomic E-state index is 0.0127. The zero-order chi connectivity index (χ0) is 16.0. The molecule has 1 aliphatic heterocycles. The van der Waals surface area contributed by atoms with Crippen molar-refractivity contribution in [3.05, 3.63) is 71.6 Å². The summed E-state index contributed by atoms with van der Waals surface area (Å²) in [7, 11) is 0. The van der Waals surface area contributed by atoms with E-state index in [2.05, 4.69) is 16.4 Å². The van der Waals surface area contributed by atoms with E-state index in [1.54, 1.807) is 12.3 Å². The summed E-state index contributed by atoms with van der Waals surface area (Å²) >= 11 is 0. The minimum atomic E-state index is -4.31. The lowest BCUT2D eigenvalue weighted by molar-refractivity contribution is -0.137. The molecule has 0 radical (unpaired) electrons. The number of hydrogen-bond acceptors (Lipinski definition) is 2. The molecule has 0 saturated carbocycles. The summed E-state index contributed by atoms with van der Waals surface area (Å²) < 4.78 is 39.0. The second-order valence-corrected chi connectivity index (χ2v) is 6.06. The van der Waals surface area contributed by atoms with Gasteiger partial charge in [-0.2, -0.15) is 13.2 Å². The van der Waals surface area contributed by atoms with Crippen LogP contribution in [0.3, 0.4) is 0 Å². The molecule has 0 saturated heterocycles. The first-order chi connectivity index (χ1) is 11.0. The highest BCUT2D eigenvalue weighted by atomic mass is 19.4. The van der Waals surface area contributed by atoms with E-state index in [0.717, 1.165) is 29.3 Å². The van der Waals surface area contributed by atoms with E-state index in [1.165, 1.54) is 6.07 Å². The normalized spacial score (nSPS) is 25.6. The first-order valence-corrected chi connectivity index (χ1v) is 7.58. The molecule has 5 heteroatoms. The fraction of sp³-hybridized carbons (Fsp3) is 0.278. The molecule has 1 aromatic heterocycles. The molecule has 23 heavy (non-hydrogen) atoms. The van der Waals surface area contributed by atoms with E-state index in [1.807, 2.05) is 24.4 Å². The molecule has 4 rings (SSSR count). The van der Waals surface area contributed by atoms with Crippen LogP contribution < -0.4 is 5.32 Å². The van der Waals surface area contributed by atoms with Crippen molar-refractivity contribution >= 4 is 5.69 Å². The summed E-state index contributed by atoms with van der Waals surface area (Å²) in [6, 6.07) is 7.93. The number of allylic oxidation sites excluding steroid dienone is 2. The van der Waals surface area contributed by atoms with Crippen molar-refractivity contribution in [3.63, 3.8) is 0 Å². The van der Waals surface area contributed by atoms with E-state index in [4.69, 9.17) is 0 Å². The highest BCUT2D eigenvalue weighted by Gasteiger charge is 2.39. The molecule has 0 amide bonds. The molecule has 2 heterocycles. The lowest BCUT2D eigenvalue weighted by Crippen LogP contribution is -2.29. The summed E-state index contributed by atoms with van der Waals surface area (Å²) in [6.07, 6.45) is 4.19. The SMILES string of the molecule is FC(F)(F)c1ccc2c(c1)C1C=CCC1C(c1cccnc1)N2. The van der Waals surface area contributed by atoms with Crippen LogP contribution >= 0.6 is 0 Å². The molecule has 1 aromatic carbocycles. The number of pyridine rings is 1. The average molecular weight is 316 g/mol. The Hall–Kier alpha value is -2.30. The fourth-order valence-electron chi connectivity index (χ4n) is 3.66. The molecule has 1 N–H and O–H groups in total. The van der Waals surface area contributed by atoms with Crippen molar-refractivity contribution < 1.29 is 13.2 Å². The predicted molar refractivity (Wildman–Crippen MR) is 82.0 cm³/mol. The van der Waals surface area contributed by atoms with Gasteiger partial charge in [-0.3, -0.25) is 4.98 Å². The summed E-state index contributed by atoms with van der Waals surface area (Å²) in [4.78, 5) is 4.17. The number of hydrogen-bond donors (Lipinski definition) is 1. The summed E-state index contributed by atoms with van der Waals surface area (Å²) in [5, 5.41) is 3.42. The van der Waals surface area contributed by atoms with Gasteiger partial charge in [-0.25, -0.2) is 0 Å². The van der Waals surface area contributed by atoms with Gasteiger partial charge in [0.15, 0.2) is 0 Å². The zero-order valence-corrected chi connectivity index (χ0v) is 12.2. The summed E-state index contributed by atoms with van der Waals surface area (Å²) in [5.41, 5.74) is 1.99. The number of anilines is 1. The van der Waals surface area contributed by atoms with Gasteiger partial charge in [-0.1, -0.05) is 18.2 Å². The number of alkyl halides is 3. The first kappa shape index (κ1) is 14.3. The maximum absolute atomic E-state index is 13.0. The number of nitrogens with one attached hydrogen (secondary N) is 1. The van der Waals surface area contributed by atoms with Crippen LogP contribution in [0.5, 0.6) is 0 Å². The Bertz CT molecular complexity index is 753. The Labute approximate surface area is 132 Å². The van der Waals surface area contributed by atoms with Gasteiger partial charge in [0.05, 0.1) is 11.6 Å².